The molecule has 16 heavy (non-hydrogen) atoms. The minimum Gasteiger partial charge on any atom is -0.381 e. The fraction of sp³-hybridized carbons (Fsp3) is 1.00. The van der Waals surface area contributed by atoms with Crippen LogP contribution in [0.1, 0.15) is 19.8 Å². The van der Waals surface area contributed by atoms with Crippen molar-refractivity contribution in [3.63, 3.8) is 0 Å². The molecule has 98 valence electrons. The number of nitrogens with two attached hydrogens (primary N) is 1. The van der Waals surface area contributed by atoms with Gasteiger partial charge in [0.2, 0.25) is 10.0 Å². The lowest BCUT2D eigenvalue weighted by Gasteiger charge is -2.11. The van der Waals surface area contributed by atoms with Crippen LogP contribution >= 0.6 is 0 Å². The van der Waals surface area contributed by atoms with Crippen LogP contribution in [-0.4, -0.2) is 33.6 Å². The van der Waals surface area contributed by atoms with Gasteiger partial charge in [0, 0.05) is 13.0 Å². The number of alkyl halides is 3. The van der Waals surface area contributed by atoms with Gasteiger partial charge in [0.05, 0.1) is 12.4 Å². The van der Waals surface area contributed by atoms with Gasteiger partial charge in [-0.1, -0.05) is 6.92 Å². The molecule has 0 aliphatic carbocycles. The molecule has 0 saturated heterocycles. The van der Waals surface area contributed by atoms with Crippen molar-refractivity contribution in [2.75, 3.05) is 19.0 Å². The smallest absolute Gasteiger partial charge is 0.381 e. The summed E-state index contributed by atoms with van der Waals surface area (Å²) in [5, 5.41) is 4.79. The van der Waals surface area contributed by atoms with Crippen molar-refractivity contribution in [1.29, 1.82) is 0 Å². The first-order valence-electron chi connectivity index (χ1n) is 4.75. The Morgan fingerprint density at radius 2 is 1.94 bits per heavy atom. The highest BCUT2D eigenvalue weighted by Crippen LogP contribution is 2.21. The van der Waals surface area contributed by atoms with Crippen LogP contribution in [0.3, 0.4) is 0 Å². The van der Waals surface area contributed by atoms with Gasteiger partial charge in [-0.3, -0.25) is 0 Å². The maximum Gasteiger partial charge on any atom is 0.389 e. The SMILES string of the molecule is CC(COCCCC(F)(F)F)CS(N)(=O)=O. The summed E-state index contributed by atoms with van der Waals surface area (Å²) in [6, 6.07) is 0. The van der Waals surface area contributed by atoms with Crippen molar-refractivity contribution in [3.05, 3.63) is 0 Å². The topological polar surface area (TPSA) is 69.4 Å². The fourth-order valence-corrected chi connectivity index (χ4v) is 1.99. The lowest BCUT2D eigenvalue weighted by Crippen LogP contribution is -2.24. The summed E-state index contributed by atoms with van der Waals surface area (Å²) >= 11 is 0. The molecule has 0 aliphatic rings. The normalized spacial score (nSPS) is 15.1. The number of rotatable bonds is 7. The number of ether oxygens (including phenoxy) is 1. The highest BCUT2D eigenvalue weighted by molar-refractivity contribution is 7.89. The molecule has 4 nitrogen and oxygen atoms in total. The minimum absolute atomic E-state index is 0.0333. The van der Waals surface area contributed by atoms with E-state index in [4.69, 9.17) is 9.88 Å². The molecule has 0 heterocycles. The van der Waals surface area contributed by atoms with Crippen molar-refractivity contribution in [1.82, 2.24) is 0 Å². The Kier molecular flexibility index (Phi) is 6.27. The maximum atomic E-state index is 11.7. The van der Waals surface area contributed by atoms with Crippen molar-refractivity contribution in [3.8, 4) is 0 Å². The number of sulfonamides is 1. The Morgan fingerprint density at radius 3 is 2.38 bits per heavy atom. The second-order valence-corrected chi connectivity index (χ2v) is 5.39. The first kappa shape index (κ1) is 15.7. The van der Waals surface area contributed by atoms with Gasteiger partial charge in [0.1, 0.15) is 0 Å². The summed E-state index contributed by atoms with van der Waals surface area (Å²) in [6.07, 6.45) is -5.18. The molecule has 0 aromatic heterocycles. The zero-order valence-electron chi connectivity index (χ0n) is 8.96. The zero-order valence-corrected chi connectivity index (χ0v) is 9.77. The predicted molar refractivity (Wildman–Crippen MR) is 53.2 cm³/mol. The van der Waals surface area contributed by atoms with Crippen molar-refractivity contribution >= 4 is 10.0 Å². The fourth-order valence-electron chi connectivity index (χ4n) is 1.10. The lowest BCUT2D eigenvalue weighted by atomic mass is 10.2. The van der Waals surface area contributed by atoms with Crippen LogP contribution < -0.4 is 5.14 Å². The largest absolute Gasteiger partial charge is 0.389 e. The van der Waals surface area contributed by atoms with Gasteiger partial charge in [0.25, 0.3) is 0 Å². The van der Waals surface area contributed by atoms with Crippen molar-refractivity contribution < 1.29 is 26.3 Å². The van der Waals surface area contributed by atoms with E-state index in [1.54, 1.807) is 6.92 Å². The van der Waals surface area contributed by atoms with E-state index in [2.05, 4.69) is 0 Å². The molecule has 0 aromatic rings. The molecular weight excluding hydrogens is 247 g/mol. The van der Waals surface area contributed by atoms with Gasteiger partial charge in [0.15, 0.2) is 0 Å². The molecular formula is C8H16F3NO3S. The molecule has 0 rings (SSSR count). The van der Waals surface area contributed by atoms with E-state index < -0.39 is 22.6 Å². The van der Waals surface area contributed by atoms with Crippen LogP contribution in [0.2, 0.25) is 0 Å². The minimum atomic E-state index is -4.17. The number of hydrogen-bond donors (Lipinski definition) is 1. The maximum absolute atomic E-state index is 11.7. The number of primary sulfonamides is 1. The second-order valence-electron chi connectivity index (χ2n) is 3.73. The number of halogens is 3. The Bertz CT molecular complexity index is 289. The van der Waals surface area contributed by atoms with E-state index in [0.717, 1.165) is 0 Å². The van der Waals surface area contributed by atoms with Gasteiger partial charge in [-0.05, 0) is 12.3 Å². The van der Waals surface area contributed by atoms with E-state index in [-0.39, 0.29) is 31.3 Å². The molecule has 0 amide bonds. The summed E-state index contributed by atoms with van der Waals surface area (Å²) in [5.74, 6) is -0.549. The van der Waals surface area contributed by atoms with E-state index in [9.17, 15) is 21.6 Å². The standard InChI is InChI=1S/C8H16F3NO3S/c1-7(6-16(12,13)14)5-15-4-2-3-8(9,10)11/h7H,2-6H2,1H3,(H2,12,13,14). The Hall–Kier alpha value is -0.340. The van der Waals surface area contributed by atoms with Crippen molar-refractivity contribution in [2.24, 2.45) is 11.1 Å². The predicted octanol–water partition coefficient (Wildman–Crippen LogP) is 1.27. The van der Waals surface area contributed by atoms with Crippen LogP contribution in [-0.2, 0) is 14.8 Å². The van der Waals surface area contributed by atoms with Gasteiger partial charge in [-0.2, -0.15) is 13.2 Å². The van der Waals surface area contributed by atoms with Gasteiger partial charge < -0.3 is 4.74 Å². The number of hydrogen-bond acceptors (Lipinski definition) is 3. The highest BCUT2D eigenvalue weighted by atomic mass is 32.2. The zero-order chi connectivity index (χ0) is 12.8. The quantitative estimate of drug-likeness (QED) is 0.703. The summed E-state index contributed by atoms with van der Waals surface area (Å²) in [6.45, 7) is 1.66. The van der Waals surface area contributed by atoms with Crippen LogP contribution in [0.4, 0.5) is 13.2 Å². The molecule has 0 aliphatic heterocycles. The van der Waals surface area contributed by atoms with Crippen LogP contribution in [0.5, 0.6) is 0 Å². The molecule has 0 radical (unpaired) electrons. The molecule has 8 heteroatoms. The van der Waals surface area contributed by atoms with Crippen LogP contribution in [0.15, 0.2) is 0 Å². The van der Waals surface area contributed by atoms with E-state index in [0.29, 0.717) is 0 Å². The van der Waals surface area contributed by atoms with Gasteiger partial charge in [-0.25, -0.2) is 13.6 Å². The molecule has 1 unspecified atom stereocenters. The Labute approximate surface area is 93.0 Å². The highest BCUT2D eigenvalue weighted by Gasteiger charge is 2.25. The third-order valence-electron chi connectivity index (χ3n) is 1.67. The first-order chi connectivity index (χ1) is 7.10. The summed E-state index contributed by atoms with van der Waals surface area (Å²) < 4.78 is 61.3. The molecule has 0 saturated carbocycles. The monoisotopic (exact) mass is 263 g/mol. The molecule has 0 fully saturated rings. The Morgan fingerprint density at radius 1 is 1.38 bits per heavy atom. The molecule has 0 aromatic carbocycles. The van der Waals surface area contributed by atoms with E-state index in [1.807, 2.05) is 0 Å². The van der Waals surface area contributed by atoms with Gasteiger partial charge >= 0.3 is 6.18 Å². The Balaban J connectivity index is 3.53. The van der Waals surface area contributed by atoms with Crippen LogP contribution in [0.25, 0.3) is 0 Å². The van der Waals surface area contributed by atoms with Crippen molar-refractivity contribution in [2.45, 2.75) is 25.9 Å². The third-order valence-corrected chi connectivity index (χ3v) is 2.70. The second kappa shape index (κ2) is 6.41. The third kappa shape index (κ3) is 11.7. The average molecular weight is 263 g/mol. The summed E-state index contributed by atoms with van der Waals surface area (Å²) in [7, 11) is -3.55. The molecule has 1 atom stereocenters. The summed E-state index contributed by atoms with van der Waals surface area (Å²) in [4.78, 5) is 0. The molecule has 0 spiro atoms. The lowest BCUT2D eigenvalue weighted by molar-refractivity contribution is -0.138. The van der Waals surface area contributed by atoms with Gasteiger partial charge in [-0.15, -0.1) is 0 Å². The first-order valence-corrected chi connectivity index (χ1v) is 6.46. The van der Waals surface area contributed by atoms with E-state index >= 15 is 0 Å². The average Bonchev–Trinajstić information content (AvgIpc) is 1.97. The van der Waals surface area contributed by atoms with E-state index in [1.165, 1.54) is 0 Å². The molecule has 0 bridgehead atoms. The summed E-state index contributed by atoms with van der Waals surface area (Å²) in [5.41, 5.74) is 0. The molecule has 2 N–H and O–H groups in total. The van der Waals surface area contributed by atoms with Crippen LogP contribution in [0, 0.1) is 5.92 Å².